The van der Waals surface area contributed by atoms with Crippen molar-refractivity contribution < 1.29 is 9.59 Å². The molecule has 0 unspecified atom stereocenters. The fourth-order valence-electron chi connectivity index (χ4n) is 4.78. The first-order valence-electron chi connectivity index (χ1n) is 13.0. The molecule has 0 aliphatic heterocycles. The predicted molar refractivity (Wildman–Crippen MR) is 151 cm³/mol. The summed E-state index contributed by atoms with van der Waals surface area (Å²) in [4.78, 5) is 26.6. The highest BCUT2D eigenvalue weighted by Crippen LogP contribution is 2.17. The Balaban J connectivity index is 1.27. The van der Waals surface area contributed by atoms with Crippen molar-refractivity contribution in [2.45, 2.75) is 45.3 Å². The fraction of sp³-hybridized carbons (Fsp3) is 0.290. The summed E-state index contributed by atoms with van der Waals surface area (Å²) in [5.41, 5.74) is 7.87. The van der Waals surface area contributed by atoms with E-state index in [-0.39, 0.29) is 5.91 Å². The van der Waals surface area contributed by atoms with E-state index in [1.54, 1.807) is 0 Å². The maximum atomic E-state index is 13.1. The molecule has 1 atom stereocenters. The van der Waals surface area contributed by atoms with E-state index in [9.17, 15) is 9.59 Å². The lowest BCUT2D eigenvalue weighted by Gasteiger charge is -2.28. The highest BCUT2D eigenvalue weighted by molar-refractivity contribution is 5.87. The van der Waals surface area contributed by atoms with Gasteiger partial charge in [-0.3, -0.25) is 4.79 Å². The van der Waals surface area contributed by atoms with Crippen LogP contribution in [0, 0.1) is 0 Å². The van der Waals surface area contributed by atoms with Crippen LogP contribution in [0.1, 0.15) is 37.3 Å². The number of nitrogens with zero attached hydrogens (tertiary/aromatic N) is 1. The van der Waals surface area contributed by atoms with E-state index >= 15 is 0 Å². The Labute approximate surface area is 218 Å². The van der Waals surface area contributed by atoms with E-state index in [0.717, 1.165) is 42.3 Å². The van der Waals surface area contributed by atoms with E-state index in [2.05, 4.69) is 77.4 Å². The van der Waals surface area contributed by atoms with Crippen LogP contribution < -0.4 is 16.4 Å². The minimum atomic E-state index is -0.580. The third kappa shape index (κ3) is 7.08. The summed E-state index contributed by atoms with van der Waals surface area (Å²) in [6.07, 6.45) is 2.28. The molecule has 0 fully saturated rings. The molecule has 4 N–H and O–H groups in total. The number of primary amides is 1. The SMILES string of the molecule is CCN(C(N)=O)[C@@H](CCCCNCc1ccc2ccccc2c1)C(=O)NCc1ccc2ccccc2c1. The van der Waals surface area contributed by atoms with Crippen LogP contribution in [0.4, 0.5) is 4.79 Å². The van der Waals surface area contributed by atoms with Crippen LogP contribution in [0.25, 0.3) is 21.5 Å². The van der Waals surface area contributed by atoms with Crippen LogP contribution in [-0.2, 0) is 17.9 Å². The lowest BCUT2D eigenvalue weighted by atomic mass is 10.1. The van der Waals surface area contributed by atoms with Crippen molar-refractivity contribution in [3.63, 3.8) is 0 Å². The molecule has 0 radical (unpaired) electrons. The van der Waals surface area contributed by atoms with Crippen molar-refractivity contribution in [2.75, 3.05) is 13.1 Å². The molecule has 192 valence electrons. The first kappa shape index (κ1) is 26.2. The number of hydrogen-bond donors (Lipinski definition) is 3. The Hall–Kier alpha value is -3.90. The van der Waals surface area contributed by atoms with Crippen LogP contribution in [0.5, 0.6) is 0 Å². The number of benzene rings is 4. The number of amides is 3. The zero-order valence-corrected chi connectivity index (χ0v) is 21.5. The van der Waals surface area contributed by atoms with Gasteiger partial charge in [-0.25, -0.2) is 4.79 Å². The van der Waals surface area contributed by atoms with Crippen LogP contribution in [-0.4, -0.2) is 36.0 Å². The van der Waals surface area contributed by atoms with E-state index in [1.165, 1.54) is 21.2 Å². The van der Waals surface area contributed by atoms with Crippen molar-refractivity contribution in [1.29, 1.82) is 0 Å². The normalized spacial score (nSPS) is 11.9. The number of nitrogens with one attached hydrogen (secondary N) is 2. The van der Waals surface area contributed by atoms with E-state index in [1.807, 2.05) is 25.1 Å². The summed E-state index contributed by atoms with van der Waals surface area (Å²) in [7, 11) is 0. The average molecular weight is 497 g/mol. The highest BCUT2D eigenvalue weighted by Gasteiger charge is 2.26. The van der Waals surface area contributed by atoms with Gasteiger partial charge in [0.2, 0.25) is 5.91 Å². The Bertz CT molecular complexity index is 1350. The summed E-state index contributed by atoms with van der Waals surface area (Å²) < 4.78 is 0. The molecule has 0 saturated heterocycles. The number of likely N-dealkylation sites (N-methyl/N-ethyl adjacent to an activating group) is 1. The monoisotopic (exact) mass is 496 g/mol. The standard InChI is InChI=1S/C31H36N4O2/c1-2-35(31(32)37)29(30(36)34-22-24-15-17-26-10-4-6-12-28(26)20-24)13-7-8-18-33-21-23-14-16-25-9-3-5-11-27(25)19-23/h3-6,9-12,14-17,19-20,29,33H,2,7-8,13,18,21-22H2,1H3,(H2,32,37)(H,34,36)/t29-/m0/s1. The Morgan fingerprint density at radius 2 is 1.35 bits per heavy atom. The number of rotatable bonds is 12. The molecule has 4 rings (SSSR count). The molecular weight excluding hydrogens is 460 g/mol. The van der Waals surface area contributed by atoms with Gasteiger partial charge in [0, 0.05) is 19.6 Å². The van der Waals surface area contributed by atoms with Gasteiger partial charge in [-0.2, -0.15) is 0 Å². The molecule has 6 heteroatoms. The van der Waals surface area contributed by atoms with Gasteiger partial charge in [0.05, 0.1) is 0 Å². The number of urea groups is 1. The van der Waals surface area contributed by atoms with Crippen molar-refractivity contribution >= 4 is 33.5 Å². The highest BCUT2D eigenvalue weighted by atomic mass is 16.2. The van der Waals surface area contributed by atoms with Gasteiger partial charge < -0.3 is 21.3 Å². The first-order valence-corrected chi connectivity index (χ1v) is 13.0. The van der Waals surface area contributed by atoms with Crippen molar-refractivity contribution in [1.82, 2.24) is 15.5 Å². The van der Waals surface area contributed by atoms with Gasteiger partial charge in [-0.1, -0.05) is 72.8 Å². The number of carbonyl (C=O) groups is 2. The van der Waals surface area contributed by atoms with Gasteiger partial charge in [0.25, 0.3) is 0 Å². The molecule has 4 aromatic carbocycles. The van der Waals surface area contributed by atoms with Gasteiger partial charge in [-0.05, 0) is 77.5 Å². The largest absolute Gasteiger partial charge is 0.351 e. The molecule has 0 aliphatic carbocycles. The number of carbonyl (C=O) groups excluding carboxylic acids is 2. The molecule has 3 amide bonds. The quantitative estimate of drug-likeness (QED) is 0.231. The van der Waals surface area contributed by atoms with E-state index in [4.69, 9.17) is 5.73 Å². The minimum absolute atomic E-state index is 0.169. The van der Waals surface area contributed by atoms with Crippen molar-refractivity contribution in [3.05, 3.63) is 96.1 Å². The molecule has 0 saturated carbocycles. The molecule has 0 aromatic heterocycles. The maximum Gasteiger partial charge on any atom is 0.315 e. The molecule has 0 aliphatic rings. The number of nitrogens with two attached hydrogens (primary N) is 1. The second-order valence-corrected chi connectivity index (χ2v) is 9.39. The third-order valence-electron chi connectivity index (χ3n) is 6.81. The summed E-state index contributed by atoms with van der Waals surface area (Å²) in [5.74, 6) is -0.169. The third-order valence-corrected chi connectivity index (χ3v) is 6.81. The van der Waals surface area contributed by atoms with E-state index in [0.29, 0.717) is 19.5 Å². The zero-order chi connectivity index (χ0) is 26.0. The molecule has 4 aromatic rings. The topological polar surface area (TPSA) is 87.5 Å². The summed E-state index contributed by atoms with van der Waals surface area (Å²) in [5, 5.41) is 11.3. The Morgan fingerprint density at radius 1 is 0.784 bits per heavy atom. The van der Waals surface area contributed by atoms with Crippen molar-refractivity contribution in [2.24, 2.45) is 5.73 Å². The van der Waals surface area contributed by atoms with Crippen molar-refractivity contribution in [3.8, 4) is 0 Å². The Kier molecular flexibility index (Phi) is 9.11. The van der Waals surface area contributed by atoms with Crippen LogP contribution in [0.2, 0.25) is 0 Å². The minimum Gasteiger partial charge on any atom is -0.351 e. The fourth-order valence-corrected chi connectivity index (χ4v) is 4.78. The lowest BCUT2D eigenvalue weighted by Crippen LogP contribution is -2.51. The number of unbranched alkanes of at least 4 members (excludes halogenated alkanes) is 1. The van der Waals surface area contributed by atoms with Gasteiger partial charge in [0.1, 0.15) is 6.04 Å². The molecule has 6 nitrogen and oxygen atoms in total. The van der Waals surface area contributed by atoms with Gasteiger partial charge >= 0.3 is 6.03 Å². The predicted octanol–water partition coefficient (Wildman–Crippen LogP) is 5.34. The number of hydrogen-bond acceptors (Lipinski definition) is 3. The molecular formula is C31H36N4O2. The van der Waals surface area contributed by atoms with Gasteiger partial charge in [0.15, 0.2) is 0 Å². The molecule has 0 bridgehead atoms. The summed E-state index contributed by atoms with van der Waals surface area (Å²) >= 11 is 0. The van der Waals surface area contributed by atoms with Crippen LogP contribution in [0.15, 0.2) is 84.9 Å². The average Bonchev–Trinajstić information content (AvgIpc) is 2.92. The molecule has 37 heavy (non-hydrogen) atoms. The molecule has 0 spiro atoms. The van der Waals surface area contributed by atoms with Crippen LogP contribution in [0.3, 0.4) is 0 Å². The van der Waals surface area contributed by atoms with E-state index < -0.39 is 12.1 Å². The smallest absolute Gasteiger partial charge is 0.315 e. The second kappa shape index (κ2) is 12.9. The van der Waals surface area contributed by atoms with Crippen LogP contribution >= 0.6 is 0 Å². The Morgan fingerprint density at radius 3 is 1.92 bits per heavy atom. The zero-order valence-electron chi connectivity index (χ0n) is 21.5. The molecule has 0 heterocycles. The first-order chi connectivity index (χ1) is 18.0. The second-order valence-electron chi connectivity index (χ2n) is 9.39. The summed E-state index contributed by atoms with van der Waals surface area (Å²) in [6, 6.07) is 28.0. The van der Waals surface area contributed by atoms with Gasteiger partial charge in [-0.15, -0.1) is 0 Å². The summed E-state index contributed by atoms with van der Waals surface area (Å²) in [6.45, 7) is 4.27. The lowest BCUT2D eigenvalue weighted by molar-refractivity contribution is -0.125. The maximum absolute atomic E-state index is 13.1. The number of fused-ring (bicyclic) bond motifs is 2.